The van der Waals surface area contributed by atoms with Crippen LogP contribution in [0.25, 0.3) is 11.5 Å². The van der Waals surface area contributed by atoms with Gasteiger partial charge >= 0.3 is 0 Å². The number of aryl methyl sites for hydroxylation is 1. The third kappa shape index (κ3) is 4.13. The molecule has 1 atom stereocenters. The lowest BCUT2D eigenvalue weighted by Gasteiger charge is -2.33. The van der Waals surface area contributed by atoms with Gasteiger partial charge in [0, 0.05) is 35.8 Å². The molecular formula is C22H23N3O2S. The van der Waals surface area contributed by atoms with Crippen LogP contribution in [0.2, 0.25) is 0 Å². The molecule has 2 heterocycles. The number of anilines is 1. The summed E-state index contributed by atoms with van der Waals surface area (Å²) >= 11 is 1.94. The Bertz CT molecular complexity index is 922. The Balaban J connectivity index is 1.62. The van der Waals surface area contributed by atoms with Gasteiger partial charge in [-0.3, -0.25) is 9.69 Å². The molecule has 1 aliphatic rings. The molecule has 1 fully saturated rings. The van der Waals surface area contributed by atoms with Gasteiger partial charge in [0.2, 0.25) is 11.8 Å². The van der Waals surface area contributed by atoms with E-state index in [0.29, 0.717) is 5.89 Å². The van der Waals surface area contributed by atoms with E-state index in [1.165, 1.54) is 0 Å². The maximum atomic E-state index is 13.4. The Morgan fingerprint density at radius 2 is 1.96 bits per heavy atom. The van der Waals surface area contributed by atoms with Crippen molar-refractivity contribution in [3.63, 3.8) is 0 Å². The first-order valence-corrected chi connectivity index (χ1v) is 10.6. The SMILES string of the molecule is Cc1ccc(-c2ncco2)cc1NC(=O)[C@@H](c1ccccc1)N1CCSCC1. The van der Waals surface area contributed by atoms with Gasteiger partial charge in [-0.15, -0.1) is 0 Å². The van der Waals surface area contributed by atoms with Crippen LogP contribution in [0, 0.1) is 6.92 Å². The average Bonchev–Trinajstić information content (AvgIpc) is 3.26. The minimum absolute atomic E-state index is 0.00856. The monoisotopic (exact) mass is 393 g/mol. The van der Waals surface area contributed by atoms with Gasteiger partial charge in [-0.2, -0.15) is 11.8 Å². The van der Waals surface area contributed by atoms with E-state index in [-0.39, 0.29) is 11.9 Å². The zero-order chi connectivity index (χ0) is 19.3. The topological polar surface area (TPSA) is 58.4 Å². The lowest BCUT2D eigenvalue weighted by molar-refractivity contribution is -0.121. The number of nitrogens with zero attached hydrogens (tertiary/aromatic N) is 2. The van der Waals surface area contributed by atoms with Crippen molar-refractivity contribution in [2.75, 3.05) is 29.9 Å². The zero-order valence-electron chi connectivity index (χ0n) is 15.8. The van der Waals surface area contributed by atoms with Crippen LogP contribution < -0.4 is 5.32 Å². The van der Waals surface area contributed by atoms with Crippen LogP contribution in [0.3, 0.4) is 0 Å². The van der Waals surface area contributed by atoms with Crippen LogP contribution in [0.1, 0.15) is 17.2 Å². The van der Waals surface area contributed by atoms with E-state index >= 15 is 0 Å². The summed E-state index contributed by atoms with van der Waals surface area (Å²) in [4.78, 5) is 19.8. The predicted molar refractivity (Wildman–Crippen MR) is 113 cm³/mol. The molecule has 0 spiro atoms. The fourth-order valence-corrected chi connectivity index (χ4v) is 4.39. The van der Waals surface area contributed by atoms with Crippen LogP contribution in [-0.4, -0.2) is 40.4 Å². The number of thioether (sulfide) groups is 1. The Labute approximate surface area is 169 Å². The number of aromatic nitrogens is 1. The number of benzene rings is 2. The maximum Gasteiger partial charge on any atom is 0.246 e. The summed E-state index contributed by atoms with van der Waals surface area (Å²) in [7, 11) is 0. The number of rotatable bonds is 5. The number of carbonyl (C=O) groups is 1. The minimum atomic E-state index is -0.299. The summed E-state index contributed by atoms with van der Waals surface area (Å²) < 4.78 is 5.40. The van der Waals surface area contributed by atoms with Crippen molar-refractivity contribution in [3.8, 4) is 11.5 Å². The number of hydrogen-bond acceptors (Lipinski definition) is 5. The number of nitrogens with one attached hydrogen (secondary N) is 1. The van der Waals surface area contributed by atoms with Gasteiger partial charge < -0.3 is 9.73 Å². The summed E-state index contributed by atoms with van der Waals surface area (Å²) in [5.41, 5.74) is 3.66. The second-order valence-corrected chi connectivity index (χ2v) is 8.04. The normalized spacial score (nSPS) is 15.9. The highest BCUT2D eigenvalue weighted by Crippen LogP contribution is 2.28. The molecule has 5 nitrogen and oxygen atoms in total. The summed E-state index contributed by atoms with van der Waals surface area (Å²) in [6.45, 7) is 3.81. The molecular weight excluding hydrogens is 370 g/mol. The average molecular weight is 394 g/mol. The molecule has 1 saturated heterocycles. The first-order chi connectivity index (χ1) is 13.7. The third-order valence-electron chi connectivity index (χ3n) is 4.95. The molecule has 1 amide bonds. The summed E-state index contributed by atoms with van der Waals surface area (Å²) in [6.07, 6.45) is 3.17. The van der Waals surface area contributed by atoms with Crippen LogP contribution in [0.4, 0.5) is 5.69 Å². The molecule has 3 aromatic rings. The first-order valence-electron chi connectivity index (χ1n) is 9.40. The molecule has 0 aliphatic carbocycles. The Morgan fingerprint density at radius 3 is 2.68 bits per heavy atom. The summed E-state index contributed by atoms with van der Waals surface area (Å²) in [6, 6.07) is 15.6. The second-order valence-electron chi connectivity index (χ2n) is 6.82. The van der Waals surface area contributed by atoms with Crippen molar-refractivity contribution in [3.05, 3.63) is 72.1 Å². The van der Waals surface area contributed by atoms with Gasteiger partial charge in [0.05, 0.1) is 6.20 Å². The number of amides is 1. The number of carbonyl (C=O) groups excluding carboxylic acids is 1. The van der Waals surface area contributed by atoms with Crippen LogP contribution >= 0.6 is 11.8 Å². The lowest BCUT2D eigenvalue weighted by atomic mass is 10.0. The molecule has 0 unspecified atom stereocenters. The van der Waals surface area contributed by atoms with Crippen LogP contribution in [-0.2, 0) is 4.79 Å². The molecule has 1 N–H and O–H groups in total. The quantitative estimate of drug-likeness (QED) is 0.697. The minimum Gasteiger partial charge on any atom is -0.445 e. The molecule has 2 aromatic carbocycles. The molecule has 28 heavy (non-hydrogen) atoms. The smallest absolute Gasteiger partial charge is 0.246 e. The number of oxazole rings is 1. The van der Waals surface area contributed by atoms with Gasteiger partial charge in [-0.05, 0) is 30.2 Å². The van der Waals surface area contributed by atoms with E-state index in [1.54, 1.807) is 12.5 Å². The molecule has 1 aliphatic heterocycles. The van der Waals surface area contributed by atoms with Crippen LogP contribution in [0.15, 0.2) is 65.4 Å². The van der Waals surface area contributed by atoms with Gasteiger partial charge in [0.1, 0.15) is 12.3 Å². The fraction of sp³-hybridized carbons (Fsp3) is 0.273. The highest BCUT2D eigenvalue weighted by Gasteiger charge is 2.29. The Kier molecular flexibility index (Phi) is 5.78. The van der Waals surface area contributed by atoms with Crippen LogP contribution in [0.5, 0.6) is 0 Å². The highest BCUT2D eigenvalue weighted by molar-refractivity contribution is 7.99. The second kappa shape index (κ2) is 8.63. The Hall–Kier alpha value is -2.57. The van der Waals surface area contributed by atoms with Crippen molar-refractivity contribution in [2.45, 2.75) is 13.0 Å². The zero-order valence-corrected chi connectivity index (χ0v) is 16.6. The standard InChI is InChI=1S/C22H23N3O2S/c1-16-7-8-18(22-23-9-12-27-22)15-19(16)24-21(26)20(17-5-3-2-4-6-17)25-10-13-28-14-11-25/h2-9,12,15,20H,10-11,13-14H2,1H3,(H,24,26)/t20-/m1/s1. The first kappa shape index (κ1) is 18.8. The van der Waals surface area contributed by atoms with Crippen molar-refractivity contribution in [2.24, 2.45) is 0 Å². The molecule has 4 rings (SSSR count). The van der Waals surface area contributed by atoms with Crippen molar-refractivity contribution < 1.29 is 9.21 Å². The van der Waals surface area contributed by atoms with Gasteiger partial charge in [-0.1, -0.05) is 36.4 Å². The highest BCUT2D eigenvalue weighted by atomic mass is 32.2. The maximum absolute atomic E-state index is 13.4. The molecule has 0 bridgehead atoms. The molecule has 1 aromatic heterocycles. The van der Waals surface area contributed by atoms with E-state index in [2.05, 4.69) is 15.2 Å². The van der Waals surface area contributed by atoms with E-state index in [0.717, 1.165) is 47.0 Å². The summed E-state index contributed by atoms with van der Waals surface area (Å²) in [5, 5.41) is 3.15. The van der Waals surface area contributed by atoms with Gasteiger partial charge in [0.25, 0.3) is 0 Å². The van der Waals surface area contributed by atoms with Gasteiger partial charge in [0.15, 0.2) is 0 Å². The van der Waals surface area contributed by atoms with E-state index in [9.17, 15) is 4.79 Å². The lowest BCUT2D eigenvalue weighted by Crippen LogP contribution is -2.42. The number of hydrogen-bond donors (Lipinski definition) is 1. The van der Waals surface area contributed by atoms with Crippen molar-refractivity contribution >= 4 is 23.4 Å². The van der Waals surface area contributed by atoms with Gasteiger partial charge in [-0.25, -0.2) is 4.98 Å². The van der Waals surface area contributed by atoms with Crippen molar-refractivity contribution in [1.29, 1.82) is 0 Å². The largest absolute Gasteiger partial charge is 0.445 e. The Morgan fingerprint density at radius 1 is 1.18 bits per heavy atom. The molecule has 144 valence electrons. The van der Waals surface area contributed by atoms with Crippen molar-refractivity contribution in [1.82, 2.24) is 9.88 Å². The third-order valence-corrected chi connectivity index (χ3v) is 5.89. The molecule has 0 saturated carbocycles. The van der Waals surface area contributed by atoms with E-state index in [1.807, 2.05) is 67.2 Å². The molecule has 6 heteroatoms. The molecule has 0 radical (unpaired) electrons. The fourth-order valence-electron chi connectivity index (χ4n) is 3.46. The predicted octanol–water partition coefficient (Wildman–Crippen LogP) is 4.38. The van der Waals surface area contributed by atoms with E-state index in [4.69, 9.17) is 4.42 Å². The summed E-state index contributed by atoms with van der Waals surface area (Å²) in [5.74, 6) is 2.64. The van der Waals surface area contributed by atoms with E-state index < -0.39 is 0 Å².